The Balaban J connectivity index is 3.29. The molecule has 0 saturated heterocycles. The molecule has 0 aliphatic carbocycles. The van der Waals surface area contributed by atoms with Crippen molar-refractivity contribution in [2.75, 3.05) is 13.2 Å². The van der Waals surface area contributed by atoms with Gasteiger partial charge in [-0.2, -0.15) is 0 Å². The molecule has 0 aromatic carbocycles. The smallest absolute Gasteiger partial charge is 0.0547 e. The summed E-state index contributed by atoms with van der Waals surface area (Å²) in [5.41, 5.74) is 5.42. The SMILES string of the molecule is CCCC(C)COC(C)CCCN. The van der Waals surface area contributed by atoms with Gasteiger partial charge in [0.2, 0.25) is 0 Å². The van der Waals surface area contributed by atoms with Crippen molar-refractivity contribution in [3.8, 4) is 0 Å². The van der Waals surface area contributed by atoms with Crippen LogP contribution in [0.2, 0.25) is 0 Å². The molecule has 0 rings (SSSR count). The maximum Gasteiger partial charge on any atom is 0.0547 e. The standard InChI is InChI=1S/C11H25NO/c1-4-6-10(2)9-13-11(3)7-5-8-12/h10-11H,4-9,12H2,1-3H3. The fourth-order valence-corrected chi connectivity index (χ4v) is 1.39. The molecular weight excluding hydrogens is 162 g/mol. The molecule has 2 nitrogen and oxygen atoms in total. The van der Waals surface area contributed by atoms with Gasteiger partial charge < -0.3 is 10.5 Å². The summed E-state index contributed by atoms with van der Waals surface area (Å²) in [6.07, 6.45) is 5.06. The zero-order valence-electron chi connectivity index (χ0n) is 9.38. The minimum Gasteiger partial charge on any atom is -0.378 e. The molecule has 0 aromatic rings. The molecular formula is C11H25NO. The van der Waals surface area contributed by atoms with Crippen LogP contribution in [0, 0.1) is 5.92 Å². The monoisotopic (exact) mass is 187 g/mol. The lowest BCUT2D eigenvalue weighted by Gasteiger charge is -2.16. The molecule has 0 amide bonds. The summed E-state index contributed by atoms with van der Waals surface area (Å²) in [6, 6.07) is 0. The molecule has 0 radical (unpaired) electrons. The van der Waals surface area contributed by atoms with Gasteiger partial charge in [0.15, 0.2) is 0 Å². The Kier molecular flexibility index (Phi) is 8.46. The van der Waals surface area contributed by atoms with Gasteiger partial charge in [-0.15, -0.1) is 0 Å². The molecule has 2 unspecified atom stereocenters. The summed E-state index contributed by atoms with van der Waals surface area (Å²) < 4.78 is 5.70. The fraction of sp³-hybridized carbons (Fsp3) is 1.00. The van der Waals surface area contributed by atoms with Gasteiger partial charge in [-0.3, -0.25) is 0 Å². The van der Waals surface area contributed by atoms with E-state index in [9.17, 15) is 0 Å². The molecule has 0 saturated carbocycles. The quantitative estimate of drug-likeness (QED) is 0.634. The highest BCUT2D eigenvalue weighted by Crippen LogP contribution is 2.08. The molecule has 0 aromatic heterocycles. The molecule has 0 spiro atoms. The molecule has 0 aliphatic heterocycles. The molecule has 13 heavy (non-hydrogen) atoms. The number of hydrogen-bond acceptors (Lipinski definition) is 2. The second-order valence-electron chi connectivity index (χ2n) is 3.97. The van der Waals surface area contributed by atoms with Crippen molar-refractivity contribution in [1.82, 2.24) is 0 Å². The zero-order valence-corrected chi connectivity index (χ0v) is 9.38. The Bertz CT molecular complexity index is 106. The molecule has 0 aliphatic rings. The van der Waals surface area contributed by atoms with Gasteiger partial charge in [-0.25, -0.2) is 0 Å². The van der Waals surface area contributed by atoms with E-state index in [-0.39, 0.29) is 0 Å². The summed E-state index contributed by atoms with van der Waals surface area (Å²) in [6.45, 7) is 8.28. The van der Waals surface area contributed by atoms with Gasteiger partial charge in [0, 0.05) is 6.61 Å². The maximum absolute atomic E-state index is 5.70. The average molecular weight is 187 g/mol. The Hall–Kier alpha value is -0.0800. The first-order chi connectivity index (χ1) is 6.20. The van der Waals surface area contributed by atoms with Crippen LogP contribution in [0.5, 0.6) is 0 Å². The normalized spacial score (nSPS) is 15.7. The summed E-state index contributed by atoms with van der Waals surface area (Å²) >= 11 is 0. The highest BCUT2D eigenvalue weighted by Gasteiger charge is 2.05. The number of nitrogens with two attached hydrogens (primary N) is 1. The van der Waals surface area contributed by atoms with E-state index in [2.05, 4.69) is 20.8 Å². The Labute approximate surface area is 82.8 Å². The third kappa shape index (κ3) is 8.26. The predicted molar refractivity (Wildman–Crippen MR) is 57.8 cm³/mol. The van der Waals surface area contributed by atoms with Crippen molar-refractivity contribution >= 4 is 0 Å². The van der Waals surface area contributed by atoms with E-state index >= 15 is 0 Å². The number of rotatable bonds is 8. The van der Waals surface area contributed by atoms with E-state index in [0.717, 1.165) is 26.0 Å². The summed E-state index contributed by atoms with van der Waals surface area (Å²) in [7, 11) is 0. The Morgan fingerprint density at radius 1 is 1.23 bits per heavy atom. The molecule has 2 N–H and O–H groups in total. The number of hydrogen-bond donors (Lipinski definition) is 1. The lowest BCUT2D eigenvalue weighted by atomic mass is 10.1. The molecule has 80 valence electrons. The van der Waals surface area contributed by atoms with E-state index in [4.69, 9.17) is 10.5 Å². The van der Waals surface area contributed by atoms with E-state index in [0.29, 0.717) is 12.0 Å². The van der Waals surface area contributed by atoms with Gasteiger partial charge in [0.1, 0.15) is 0 Å². The van der Waals surface area contributed by atoms with Gasteiger partial charge in [-0.1, -0.05) is 20.3 Å². The van der Waals surface area contributed by atoms with Gasteiger partial charge in [-0.05, 0) is 38.6 Å². The highest BCUT2D eigenvalue weighted by molar-refractivity contribution is 4.54. The van der Waals surface area contributed by atoms with Crippen LogP contribution in [0.3, 0.4) is 0 Å². The third-order valence-electron chi connectivity index (χ3n) is 2.26. The summed E-state index contributed by atoms with van der Waals surface area (Å²) in [5.74, 6) is 0.699. The van der Waals surface area contributed by atoms with Crippen LogP contribution >= 0.6 is 0 Å². The van der Waals surface area contributed by atoms with Crippen LogP contribution in [-0.2, 0) is 4.74 Å². The van der Waals surface area contributed by atoms with Crippen molar-refractivity contribution in [2.24, 2.45) is 11.7 Å². The van der Waals surface area contributed by atoms with Crippen LogP contribution in [0.1, 0.15) is 46.5 Å². The highest BCUT2D eigenvalue weighted by atomic mass is 16.5. The first kappa shape index (κ1) is 12.9. The van der Waals surface area contributed by atoms with E-state index < -0.39 is 0 Å². The van der Waals surface area contributed by atoms with E-state index in [1.54, 1.807) is 0 Å². The van der Waals surface area contributed by atoms with Crippen molar-refractivity contribution in [1.29, 1.82) is 0 Å². The van der Waals surface area contributed by atoms with E-state index in [1.165, 1.54) is 12.8 Å². The average Bonchev–Trinajstić information content (AvgIpc) is 2.12. The number of ether oxygens (including phenoxy) is 1. The first-order valence-corrected chi connectivity index (χ1v) is 5.52. The van der Waals surface area contributed by atoms with Crippen LogP contribution < -0.4 is 5.73 Å². The second kappa shape index (κ2) is 8.52. The third-order valence-corrected chi connectivity index (χ3v) is 2.26. The van der Waals surface area contributed by atoms with Crippen molar-refractivity contribution in [3.63, 3.8) is 0 Å². The molecule has 0 bridgehead atoms. The van der Waals surface area contributed by atoms with E-state index in [1.807, 2.05) is 0 Å². The minimum atomic E-state index is 0.378. The molecule has 0 heterocycles. The molecule has 0 fully saturated rings. The van der Waals surface area contributed by atoms with Gasteiger partial charge in [0.05, 0.1) is 6.10 Å². The zero-order chi connectivity index (χ0) is 10.1. The maximum atomic E-state index is 5.70. The van der Waals surface area contributed by atoms with Gasteiger partial charge >= 0.3 is 0 Å². The van der Waals surface area contributed by atoms with Crippen LogP contribution in [0.25, 0.3) is 0 Å². The van der Waals surface area contributed by atoms with Crippen molar-refractivity contribution in [2.45, 2.75) is 52.6 Å². The van der Waals surface area contributed by atoms with Crippen LogP contribution in [0.15, 0.2) is 0 Å². The molecule has 2 atom stereocenters. The summed E-state index contributed by atoms with van der Waals surface area (Å²) in [4.78, 5) is 0. The molecule has 2 heteroatoms. The largest absolute Gasteiger partial charge is 0.378 e. The van der Waals surface area contributed by atoms with Crippen molar-refractivity contribution in [3.05, 3.63) is 0 Å². The van der Waals surface area contributed by atoms with Crippen molar-refractivity contribution < 1.29 is 4.74 Å². The Morgan fingerprint density at radius 2 is 1.92 bits per heavy atom. The fourth-order valence-electron chi connectivity index (χ4n) is 1.39. The lowest BCUT2D eigenvalue weighted by Crippen LogP contribution is -2.15. The first-order valence-electron chi connectivity index (χ1n) is 5.52. The topological polar surface area (TPSA) is 35.2 Å². The minimum absolute atomic E-state index is 0.378. The van der Waals surface area contributed by atoms with Crippen LogP contribution in [-0.4, -0.2) is 19.3 Å². The van der Waals surface area contributed by atoms with Gasteiger partial charge in [0.25, 0.3) is 0 Å². The van der Waals surface area contributed by atoms with Crippen LogP contribution in [0.4, 0.5) is 0 Å². The lowest BCUT2D eigenvalue weighted by molar-refractivity contribution is 0.0363. The predicted octanol–water partition coefficient (Wildman–Crippen LogP) is 2.57. The summed E-state index contributed by atoms with van der Waals surface area (Å²) in [5, 5.41) is 0. The Morgan fingerprint density at radius 3 is 2.46 bits per heavy atom. The second-order valence-corrected chi connectivity index (χ2v) is 3.97.